The standard InChI is InChI=1S/C22H32O3/c1-6-25-19(23)10-11-21(5)17(14(2)3)9-12-22-13-16(7-8-18(21)22)15(4)20(22)24/h16-18H,2,4,6-13H2,1,3,5H3/t16-,17+,18-,21+,22+/m0/s1. The number of carbonyl (C=O) groups excluding carboxylic acids is 2. The first-order valence-corrected chi connectivity index (χ1v) is 9.81. The van der Waals surface area contributed by atoms with Crippen LogP contribution in [0.5, 0.6) is 0 Å². The normalized spacial score (nSPS) is 39.9. The third-order valence-corrected chi connectivity index (χ3v) is 7.56. The lowest BCUT2D eigenvalue weighted by Crippen LogP contribution is -2.53. The van der Waals surface area contributed by atoms with E-state index in [2.05, 4.69) is 27.0 Å². The van der Waals surface area contributed by atoms with Gasteiger partial charge in [0.2, 0.25) is 0 Å². The minimum atomic E-state index is -0.227. The van der Waals surface area contributed by atoms with Crippen molar-refractivity contribution >= 4 is 11.8 Å². The van der Waals surface area contributed by atoms with Gasteiger partial charge >= 0.3 is 5.97 Å². The molecule has 0 N–H and O–H groups in total. The van der Waals surface area contributed by atoms with Crippen LogP contribution in [0.3, 0.4) is 0 Å². The molecule has 0 saturated heterocycles. The maximum Gasteiger partial charge on any atom is 0.305 e. The Morgan fingerprint density at radius 3 is 2.68 bits per heavy atom. The molecule has 1 spiro atoms. The van der Waals surface area contributed by atoms with Crippen molar-refractivity contribution in [1.29, 1.82) is 0 Å². The van der Waals surface area contributed by atoms with Crippen molar-refractivity contribution < 1.29 is 14.3 Å². The SMILES string of the molecule is C=C1C(=O)[C@@]23CC[C@H](C(=C)C)[C@@](C)(CCC(=O)OCC)[C@@H]2CC[C@H]1C3. The third-order valence-electron chi connectivity index (χ3n) is 7.56. The number of ether oxygens (including phenoxy) is 1. The minimum Gasteiger partial charge on any atom is -0.466 e. The average Bonchev–Trinajstić information content (AvgIpc) is 2.74. The van der Waals surface area contributed by atoms with Crippen molar-refractivity contribution in [3.8, 4) is 0 Å². The van der Waals surface area contributed by atoms with Crippen molar-refractivity contribution in [2.45, 2.75) is 65.7 Å². The second-order valence-corrected chi connectivity index (χ2v) is 8.79. The fourth-order valence-electron chi connectivity index (χ4n) is 6.47. The fourth-order valence-corrected chi connectivity index (χ4v) is 6.47. The molecular formula is C22H32O3. The number of hydrogen-bond donors (Lipinski definition) is 0. The van der Waals surface area contributed by atoms with E-state index < -0.39 is 0 Å². The van der Waals surface area contributed by atoms with Crippen LogP contribution in [-0.2, 0) is 14.3 Å². The molecule has 3 aliphatic rings. The zero-order valence-electron chi connectivity index (χ0n) is 16.0. The lowest BCUT2D eigenvalue weighted by atomic mass is 9.46. The Hall–Kier alpha value is -1.38. The van der Waals surface area contributed by atoms with Crippen LogP contribution in [0.15, 0.2) is 24.3 Å². The van der Waals surface area contributed by atoms with E-state index in [-0.39, 0.29) is 16.8 Å². The first kappa shape index (κ1) is 18.4. The van der Waals surface area contributed by atoms with Crippen LogP contribution < -0.4 is 0 Å². The summed E-state index contributed by atoms with van der Waals surface area (Å²) in [6.45, 7) is 15.0. The van der Waals surface area contributed by atoms with Gasteiger partial charge in [-0.15, -0.1) is 0 Å². The third kappa shape index (κ3) is 2.71. The Kier molecular flexibility index (Phi) is 4.72. The van der Waals surface area contributed by atoms with Gasteiger partial charge in [0, 0.05) is 11.8 Å². The Bertz CT molecular complexity index is 619. The van der Waals surface area contributed by atoms with Gasteiger partial charge in [0.05, 0.1) is 6.61 Å². The molecule has 3 nitrogen and oxygen atoms in total. The number of esters is 1. The molecule has 0 radical (unpaired) electrons. The van der Waals surface area contributed by atoms with Crippen LogP contribution in [-0.4, -0.2) is 18.4 Å². The van der Waals surface area contributed by atoms with Crippen molar-refractivity contribution in [2.75, 3.05) is 6.61 Å². The average molecular weight is 344 g/mol. The quantitative estimate of drug-likeness (QED) is 0.406. The fraction of sp³-hybridized carbons (Fsp3) is 0.727. The summed E-state index contributed by atoms with van der Waals surface area (Å²) >= 11 is 0. The molecule has 25 heavy (non-hydrogen) atoms. The highest BCUT2D eigenvalue weighted by atomic mass is 16.5. The number of ketones is 1. The second kappa shape index (κ2) is 6.41. The van der Waals surface area contributed by atoms with E-state index in [4.69, 9.17) is 4.74 Å². The molecule has 3 rings (SSSR count). The van der Waals surface area contributed by atoms with Gasteiger partial charge in [-0.05, 0) is 81.1 Å². The summed E-state index contributed by atoms with van der Waals surface area (Å²) in [5, 5.41) is 0. The summed E-state index contributed by atoms with van der Waals surface area (Å²) in [4.78, 5) is 25.1. The first-order chi connectivity index (χ1) is 11.8. The van der Waals surface area contributed by atoms with Gasteiger partial charge < -0.3 is 4.74 Å². The first-order valence-electron chi connectivity index (χ1n) is 9.81. The van der Waals surface area contributed by atoms with Gasteiger partial charge in [-0.1, -0.05) is 25.7 Å². The summed E-state index contributed by atoms with van der Waals surface area (Å²) in [6, 6.07) is 0. The molecule has 0 aromatic carbocycles. The second-order valence-electron chi connectivity index (χ2n) is 8.79. The molecule has 0 aliphatic heterocycles. The van der Waals surface area contributed by atoms with Gasteiger partial charge in [-0.25, -0.2) is 0 Å². The molecule has 0 aromatic rings. The molecule has 0 unspecified atom stereocenters. The molecule has 2 bridgehead atoms. The number of hydrogen-bond acceptors (Lipinski definition) is 3. The molecule has 3 saturated carbocycles. The maximum absolute atomic E-state index is 13.1. The van der Waals surface area contributed by atoms with E-state index in [1.807, 2.05) is 6.92 Å². The number of rotatable bonds is 5. The Morgan fingerprint density at radius 2 is 2.04 bits per heavy atom. The number of allylic oxidation sites excluding steroid dienone is 2. The predicted molar refractivity (Wildman–Crippen MR) is 98.9 cm³/mol. The molecule has 3 aliphatic carbocycles. The Balaban J connectivity index is 1.93. The van der Waals surface area contributed by atoms with E-state index in [1.54, 1.807) is 0 Å². The molecule has 138 valence electrons. The number of carbonyl (C=O) groups is 2. The van der Waals surface area contributed by atoms with Crippen LogP contribution in [0.4, 0.5) is 0 Å². The van der Waals surface area contributed by atoms with Crippen molar-refractivity contribution in [1.82, 2.24) is 0 Å². The van der Waals surface area contributed by atoms with E-state index in [0.29, 0.717) is 36.6 Å². The summed E-state index contributed by atoms with van der Waals surface area (Å²) in [6.07, 6.45) is 6.27. The van der Waals surface area contributed by atoms with Crippen molar-refractivity contribution in [2.24, 2.45) is 28.6 Å². The summed E-state index contributed by atoms with van der Waals surface area (Å²) in [5.41, 5.74) is 1.76. The zero-order valence-corrected chi connectivity index (χ0v) is 16.0. The van der Waals surface area contributed by atoms with Gasteiger partial charge in [0.15, 0.2) is 5.78 Å². The van der Waals surface area contributed by atoms with E-state index in [1.165, 1.54) is 5.57 Å². The lowest BCUT2D eigenvalue weighted by molar-refractivity contribution is -0.148. The van der Waals surface area contributed by atoms with Crippen LogP contribution in [0.1, 0.15) is 65.7 Å². The van der Waals surface area contributed by atoms with E-state index in [0.717, 1.165) is 44.1 Å². The maximum atomic E-state index is 13.1. The topological polar surface area (TPSA) is 43.4 Å². The van der Waals surface area contributed by atoms with Crippen LogP contribution >= 0.6 is 0 Å². The predicted octanol–water partition coefficient (Wildman–Crippen LogP) is 4.86. The Labute approximate surface area is 151 Å². The molecular weight excluding hydrogens is 312 g/mol. The van der Waals surface area contributed by atoms with Crippen molar-refractivity contribution in [3.63, 3.8) is 0 Å². The summed E-state index contributed by atoms with van der Waals surface area (Å²) in [5.74, 6) is 1.28. The smallest absolute Gasteiger partial charge is 0.305 e. The van der Waals surface area contributed by atoms with E-state index >= 15 is 0 Å². The van der Waals surface area contributed by atoms with Gasteiger partial charge in [-0.3, -0.25) is 9.59 Å². The molecule has 0 aromatic heterocycles. The highest BCUT2D eigenvalue weighted by Crippen LogP contribution is 2.67. The molecule has 0 amide bonds. The minimum absolute atomic E-state index is 0.0674. The van der Waals surface area contributed by atoms with Crippen LogP contribution in [0.2, 0.25) is 0 Å². The van der Waals surface area contributed by atoms with Crippen molar-refractivity contribution in [3.05, 3.63) is 24.3 Å². The van der Waals surface area contributed by atoms with E-state index in [9.17, 15) is 9.59 Å². The molecule has 0 heterocycles. The van der Waals surface area contributed by atoms with Crippen LogP contribution in [0.25, 0.3) is 0 Å². The molecule has 3 fully saturated rings. The van der Waals surface area contributed by atoms with Crippen LogP contribution in [0, 0.1) is 28.6 Å². The molecule has 5 atom stereocenters. The zero-order chi connectivity index (χ0) is 18.4. The monoisotopic (exact) mass is 344 g/mol. The highest BCUT2D eigenvalue weighted by Gasteiger charge is 2.64. The summed E-state index contributed by atoms with van der Waals surface area (Å²) < 4.78 is 5.17. The number of Topliss-reactive ketones (excluding diaryl/α,β-unsaturated/α-hetero) is 1. The lowest BCUT2D eigenvalue weighted by Gasteiger charge is -2.57. The van der Waals surface area contributed by atoms with Gasteiger partial charge in [0.1, 0.15) is 0 Å². The largest absolute Gasteiger partial charge is 0.466 e. The van der Waals surface area contributed by atoms with Gasteiger partial charge in [0.25, 0.3) is 0 Å². The number of fused-ring (bicyclic) bond motifs is 1. The highest BCUT2D eigenvalue weighted by molar-refractivity contribution is 6.03. The van der Waals surface area contributed by atoms with Gasteiger partial charge in [-0.2, -0.15) is 0 Å². The molecule has 3 heteroatoms. The Morgan fingerprint density at radius 1 is 1.32 bits per heavy atom. The summed E-state index contributed by atoms with van der Waals surface area (Å²) in [7, 11) is 0.